The number of nitrogens with two attached hydrogens (primary N) is 1. The monoisotopic (exact) mass is 237 g/mol. The Balaban J connectivity index is 2.70. The van der Waals surface area contributed by atoms with Gasteiger partial charge in [-0.15, -0.1) is 0 Å². The molecule has 0 saturated carbocycles. The lowest BCUT2D eigenvalue weighted by molar-refractivity contribution is 0.433. The van der Waals surface area contributed by atoms with Crippen molar-refractivity contribution in [1.29, 1.82) is 0 Å². The third kappa shape index (κ3) is 4.15. The molecule has 3 heteroatoms. The lowest BCUT2D eigenvalue weighted by Gasteiger charge is -2.21. The Morgan fingerprint density at radius 3 is 2.65 bits per heavy atom. The summed E-state index contributed by atoms with van der Waals surface area (Å²) in [7, 11) is 0. The Labute approximate surface area is 105 Å². The quantitative estimate of drug-likeness (QED) is 0.786. The number of imidazole rings is 1. The van der Waals surface area contributed by atoms with Gasteiger partial charge in [0.25, 0.3) is 0 Å². The summed E-state index contributed by atoms with van der Waals surface area (Å²) in [4.78, 5) is 4.26. The van der Waals surface area contributed by atoms with Crippen LogP contribution in [0.5, 0.6) is 0 Å². The first-order valence-electron chi connectivity index (χ1n) is 6.83. The van der Waals surface area contributed by atoms with Crippen LogP contribution in [0.3, 0.4) is 0 Å². The normalized spacial score (nSPS) is 15.2. The van der Waals surface area contributed by atoms with Gasteiger partial charge in [-0.05, 0) is 25.7 Å². The van der Waals surface area contributed by atoms with E-state index in [4.69, 9.17) is 5.73 Å². The lowest BCUT2D eigenvalue weighted by atomic mass is 10.0. The van der Waals surface area contributed by atoms with E-state index in [1.54, 1.807) is 0 Å². The second kappa shape index (κ2) is 6.80. The van der Waals surface area contributed by atoms with Crippen LogP contribution in [0.4, 0.5) is 0 Å². The first kappa shape index (κ1) is 14.2. The molecule has 0 aromatic carbocycles. The van der Waals surface area contributed by atoms with E-state index in [1.807, 2.05) is 12.5 Å². The summed E-state index contributed by atoms with van der Waals surface area (Å²) in [6, 6.07) is 0.618. The number of hydrogen-bond acceptors (Lipinski definition) is 2. The van der Waals surface area contributed by atoms with Crippen LogP contribution >= 0.6 is 0 Å². The lowest BCUT2D eigenvalue weighted by Crippen LogP contribution is -2.19. The number of hydrogen-bond donors (Lipinski definition) is 1. The zero-order valence-electron chi connectivity index (χ0n) is 11.7. The van der Waals surface area contributed by atoms with Crippen LogP contribution in [0.2, 0.25) is 0 Å². The van der Waals surface area contributed by atoms with Gasteiger partial charge in [-0.25, -0.2) is 4.98 Å². The molecular formula is C14H27N3. The minimum absolute atomic E-state index is 0.113. The summed E-state index contributed by atoms with van der Waals surface area (Å²) >= 11 is 0. The van der Waals surface area contributed by atoms with Gasteiger partial charge in [0.1, 0.15) is 0 Å². The molecule has 0 bridgehead atoms. The van der Waals surface area contributed by atoms with Crippen molar-refractivity contribution in [2.45, 2.75) is 65.5 Å². The summed E-state index contributed by atoms with van der Waals surface area (Å²) in [5.41, 5.74) is 7.43. The molecule has 0 aliphatic heterocycles. The highest BCUT2D eigenvalue weighted by atomic mass is 15.1. The van der Waals surface area contributed by atoms with Crippen LogP contribution in [0, 0.1) is 5.92 Å². The average Bonchev–Trinajstić information content (AvgIpc) is 2.73. The predicted molar refractivity (Wildman–Crippen MR) is 72.8 cm³/mol. The van der Waals surface area contributed by atoms with E-state index in [2.05, 4.69) is 37.2 Å². The maximum Gasteiger partial charge on any atom is 0.0951 e. The van der Waals surface area contributed by atoms with Crippen LogP contribution < -0.4 is 5.73 Å². The number of rotatable bonds is 7. The minimum atomic E-state index is 0.113. The topological polar surface area (TPSA) is 43.8 Å². The maximum absolute atomic E-state index is 6.25. The van der Waals surface area contributed by atoms with Gasteiger partial charge in [0.2, 0.25) is 0 Å². The fraction of sp³-hybridized carbons (Fsp3) is 0.786. The van der Waals surface area contributed by atoms with Crippen molar-refractivity contribution in [3.8, 4) is 0 Å². The molecular weight excluding hydrogens is 210 g/mol. The van der Waals surface area contributed by atoms with Crippen molar-refractivity contribution >= 4 is 0 Å². The van der Waals surface area contributed by atoms with E-state index >= 15 is 0 Å². The first-order chi connectivity index (χ1) is 8.06. The molecule has 1 rings (SSSR count). The largest absolute Gasteiger partial charge is 0.330 e. The van der Waals surface area contributed by atoms with Gasteiger partial charge >= 0.3 is 0 Å². The Kier molecular flexibility index (Phi) is 5.69. The van der Waals surface area contributed by atoms with Crippen molar-refractivity contribution in [2.24, 2.45) is 11.7 Å². The molecule has 0 aliphatic carbocycles. The van der Waals surface area contributed by atoms with E-state index in [0.29, 0.717) is 12.0 Å². The number of nitrogens with zero attached hydrogens (tertiary/aromatic N) is 2. The highest BCUT2D eigenvalue weighted by Gasteiger charge is 2.16. The van der Waals surface area contributed by atoms with Gasteiger partial charge in [0.05, 0.1) is 12.0 Å². The SMILES string of the molecule is CCCCC(C)n1cncc1C(N)CC(C)C. The molecule has 0 amide bonds. The van der Waals surface area contributed by atoms with Gasteiger partial charge in [-0.3, -0.25) is 0 Å². The smallest absolute Gasteiger partial charge is 0.0951 e. The van der Waals surface area contributed by atoms with Crippen LogP contribution in [0.25, 0.3) is 0 Å². The molecule has 1 aromatic rings. The van der Waals surface area contributed by atoms with Crippen LogP contribution in [0.1, 0.15) is 71.2 Å². The molecule has 3 nitrogen and oxygen atoms in total. The summed E-state index contributed by atoms with van der Waals surface area (Å²) in [5, 5.41) is 0. The second-order valence-corrected chi connectivity index (χ2v) is 5.45. The van der Waals surface area contributed by atoms with E-state index in [-0.39, 0.29) is 6.04 Å². The third-order valence-corrected chi connectivity index (χ3v) is 3.25. The molecule has 0 radical (unpaired) electrons. The molecule has 98 valence electrons. The Morgan fingerprint density at radius 1 is 1.35 bits per heavy atom. The van der Waals surface area contributed by atoms with Crippen molar-refractivity contribution in [2.75, 3.05) is 0 Å². The van der Waals surface area contributed by atoms with E-state index < -0.39 is 0 Å². The molecule has 1 aromatic heterocycles. The maximum atomic E-state index is 6.25. The van der Waals surface area contributed by atoms with Crippen molar-refractivity contribution < 1.29 is 0 Å². The molecule has 0 fully saturated rings. The standard InChI is InChI=1S/C14H27N3/c1-5-6-7-12(4)17-10-16-9-14(17)13(15)8-11(2)3/h9-13H,5-8,15H2,1-4H3. The predicted octanol–water partition coefficient (Wildman–Crippen LogP) is 3.68. The first-order valence-corrected chi connectivity index (χ1v) is 6.83. The van der Waals surface area contributed by atoms with Crippen LogP contribution in [0.15, 0.2) is 12.5 Å². The zero-order valence-corrected chi connectivity index (χ0v) is 11.7. The Morgan fingerprint density at radius 2 is 2.06 bits per heavy atom. The second-order valence-electron chi connectivity index (χ2n) is 5.45. The number of aromatic nitrogens is 2. The summed E-state index contributed by atoms with van der Waals surface area (Å²) in [6.07, 6.45) is 8.58. The minimum Gasteiger partial charge on any atom is -0.330 e. The molecule has 0 saturated heterocycles. The van der Waals surface area contributed by atoms with Crippen molar-refractivity contribution in [3.05, 3.63) is 18.2 Å². The molecule has 2 atom stereocenters. The van der Waals surface area contributed by atoms with Gasteiger partial charge in [0.15, 0.2) is 0 Å². The fourth-order valence-corrected chi connectivity index (χ4v) is 2.24. The van der Waals surface area contributed by atoms with E-state index in [0.717, 1.165) is 6.42 Å². The molecule has 2 N–H and O–H groups in total. The van der Waals surface area contributed by atoms with Crippen molar-refractivity contribution in [1.82, 2.24) is 9.55 Å². The zero-order chi connectivity index (χ0) is 12.8. The van der Waals surface area contributed by atoms with E-state index in [1.165, 1.54) is 25.0 Å². The fourth-order valence-electron chi connectivity index (χ4n) is 2.24. The van der Waals surface area contributed by atoms with Crippen LogP contribution in [-0.2, 0) is 0 Å². The highest BCUT2D eigenvalue weighted by Crippen LogP contribution is 2.23. The number of unbranched alkanes of at least 4 members (excludes halogenated alkanes) is 1. The van der Waals surface area contributed by atoms with Crippen molar-refractivity contribution in [3.63, 3.8) is 0 Å². The highest BCUT2D eigenvalue weighted by molar-refractivity contribution is 5.06. The van der Waals surface area contributed by atoms with E-state index in [9.17, 15) is 0 Å². The Bertz CT molecular complexity index is 317. The van der Waals surface area contributed by atoms with Gasteiger partial charge < -0.3 is 10.3 Å². The molecule has 1 heterocycles. The Hall–Kier alpha value is -0.830. The molecule has 0 spiro atoms. The summed E-state index contributed by atoms with van der Waals surface area (Å²) < 4.78 is 2.25. The summed E-state index contributed by atoms with van der Waals surface area (Å²) in [6.45, 7) is 8.90. The van der Waals surface area contributed by atoms with Crippen LogP contribution in [-0.4, -0.2) is 9.55 Å². The summed E-state index contributed by atoms with van der Waals surface area (Å²) in [5.74, 6) is 0.624. The van der Waals surface area contributed by atoms with Gasteiger partial charge in [-0.2, -0.15) is 0 Å². The van der Waals surface area contributed by atoms with Gasteiger partial charge in [-0.1, -0.05) is 33.6 Å². The average molecular weight is 237 g/mol. The molecule has 17 heavy (non-hydrogen) atoms. The molecule has 2 unspecified atom stereocenters. The third-order valence-electron chi connectivity index (χ3n) is 3.25. The molecule has 0 aliphatic rings. The van der Waals surface area contributed by atoms with Gasteiger partial charge in [0, 0.05) is 18.3 Å².